The summed E-state index contributed by atoms with van der Waals surface area (Å²) in [5, 5.41) is 9.51. The Morgan fingerprint density at radius 1 is 1.50 bits per heavy atom. The van der Waals surface area contributed by atoms with Crippen molar-refractivity contribution >= 4 is 23.4 Å². The van der Waals surface area contributed by atoms with E-state index < -0.39 is 5.97 Å². The summed E-state index contributed by atoms with van der Waals surface area (Å²) in [6.07, 6.45) is 0. The van der Waals surface area contributed by atoms with E-state index in [0.29, 0.717) is 17.0 Å². The Hall–Kier alpha value is -1.33. The summed E-state index contributed by atoms with van der Waals surface area (Å²) in [7, 11) is 2.06. The van der Waals surface area contributed by atoms with Gasteiger partial charge in [-0.25, -0.2) is 9.78 Å². The summed E-state index contributed by atoms with van der Waals surface area (Å²) in [5.74, 6) is -0.504. The molecule has 6 heteroatoms. The minimum Gasteiger partial charge on any atom is -0.478 e. The van der Waals surface area contributed by atoms with Crippen molar-refractivity contribution < 1.29 is 9.90 Å². The second kappa shape index (κ2) is 5.12. The molecular weight excluding hydrogens is 254 g/mol. The largest absolute Gasteiger partial charge is 0.478 e. The molecule has 1 atom stereocenters. The normalized spacial score (nSPS) is 21.1. The number of nitrogens with zero attached hydrogens (tertiary/aromatic N) is 3. The Morgan fingerprint density at radius 2 is 2.22 bits per heavy atom. The summed E-state index contributed by atoms with van der Waals surface area (Å²) >= 11 is 5.86. The minimum absolute atomic E-state index is 0.205. The van der Waals surface area contributed by atoms with Gasteiger partial charge in [0.05, 0.1) is 0 Å². The van der Waals surface area contributed by atoms with Gasteiger partial charge in [-0.3, -0.25) is 0 Å². The number of aromatic nitrogens is 1. The van der Waals surface area contributed by atoms with Crippen LogP contribution in [0.3, 0.4) is 0 Å². The fourth-order valence-corrected chi connectivity index (χ4v) is 2.22. The summed E-state index contributed by atoms with van der Waals surface area (Å²) in [6, 6.07) is 3.38. The molecule has 0 saturated carbocycles. The zero-order chi connectivity index (χ0) is 13.3. The van der Waals surface area contributed by atoms with Crippen LogP contribution in [0.25, 0.3) is 0 Å². The Labute approximate surface area is 111 Å². The number of rotatable bonds is 2. The summed E-state index contributed by atoms with van der Waals surface area (Å²) in [4.78, 5) is 19.6. The number of likely N-dealkylation sites (N-methyl/N-ethyl adjacent to an activating group) is 1. The molecule has 1 aromatic rings. The van der Waals surface area contributed by atoms with Crippen LogP contribution in [0.2, 0.25) is 5.15 Å². The quantitative estimate of drug-likeness (QED) is 0.826. The Kier molecular flexibility index (Phi) is 3.73. The smallest absolute Gasteiger partial charge is 0.339 e. The second-order valence-electron chi connectivity index (χ2n) is 4.59. The highest BCUT2D eigenvalue weighted by Crippen LogP contribution is 2.23. The van der Waals surface area contributed by atoms with Gasteiger partial charge < -0.3 is 14.9 Å². The van der Waals surface area contributed by atoms with E-state index in [-0.39, 0.29) is 5.56 Å². The fourth-order valence-electron chi connectivity index (χ4n) is 2.07. The van der Waals surface area contributed by atoms with Gasteiger partial charge >= 0.3 is 5.97 Å². The first-order valence-corrected chi connectivity index (χ1v) is 6.22. The molecule has 1 aliphatic rings. The third kappa shape index (κ3) is 2.57. The number of aromatic carboxylic acids is 1. The molecule has 1 N–H and O–H groups in total. The van der Waals surface area contributed by atoms with Gasteiger partial charge in [-0.15, -0.1) is 0 Å². The van der Waals surface area contributed by atoms with Gasteiger partial charge in [0.15, 0.2) is 0 Å². The van der Waals surface area contributed by atoms with Crippen molar-refractivity contribution in [3.63, 3.8) is 0 Å². The average Bonchev–Trinajstić information content (AvgIpc) is 2.32. The maximum Gasteiger partial charge on any atom is 0.339 e. The molecule has 0 radical (unpaired) electrons. The van der Waals surface area contributed by atoms with Crippen molar-refractivity contribution in [2.45, 2.75) is 13.0 Å². The molecular formula is C12H16ClN3O2. The third-order valence-electron chi connectivity index (χ3n) is 3.33. The van der Waals surface area contributed by atoms with Crippen LogP contribution in [0, 0.1) is 0 Å². The monoisotopic (exact) mass is 269 g/mol. The average molecular weight is 270 g/mol. The first-order chi connectivity index (χ1) is 8.49. The van der Waals surface area contributed by atoms with Crippen LogP contribution in [0.15, 0.2) is 12.1 Å². The number of piperazine rings is 1. The van der Waals surface area contributed by atoms with E-state index in [2.05, 4.69) is 23.9 Å². The predicted octanol–water partition coefficient (Wildman–Crippen LogP) is 1.57. The molecule has 0 bridgehead atoms. The van der Waals surface area contributed by atoms with Crippen LogP contribution in [0.5, 0.6) is 0 Å². The Bertz CT molecular complexity index is 467. The number of carbonyl (C=O) groups is 1. The van der Waals surface area contributed by atoms with E-state index in [1.807, 2.05) is 4.90 Å². The topological polar surface area (TPSA) is 56.7 Å². The van der Waals surface area contributed by atoms with Crippen molar-refractivity contribution in [3.05, 3.63) is 22.8 Å². The van der Waals surface area contributed by atoms with Crippen LogP contribution in [-0.4, -0.2) is 53.7 Å². The van der Waals surface area contributed by atoms with E-state index in [0.717, 1.165) is 19.6 Å². The maximum absolute atomic E-state index is 11.2. The van der Waals surface area contributed by atoms with Crippen LogP contribution in [0.4, 0.5) is 5.82 Å². The maximum atomic E-state index is 11.2. The molecule has 1 aliphatic heterocycles. The van der Waals surface area contributed by atoms with E-state index in [1.165, 1.54) is 12.1 Å². The lowest BCUT2D eigenvalue weighted by molar-refractivity contribution is 0.0697. The molecule has 0 amide bonds. The number of carboxylic acid groups (broad SMARTS) is 1. The molecule has 1 unspecified atom stereocenters. The molecule has 1 aromatic heterocycles. The molecule has 0 aromatic carbocycles. The molecule has 1 saturated heterocycles. The Balaban J connectivity index is 2.32. The van der Waals surface area contributed by atoms with Gasteiger partial charge in [-0.05, 0) is 26.1 Å². The molecule has 1 fully saturated rings. The van der Waals surface area contributed by atoms with Gasteiger partial charge in [0, 0.05) is 25.7 Å². The number of hydrogen-bond acceptors (Lipinski definition) is 4. The molecule has 0 aliphatic carbocycles. The molecule has 2 rings (SSSR count). The first kappa shape index (κ1) is 13.1. The van der Waals surface area contributed by atoms with Crippen molar-refractivity contribution in [2.75, 3.05) is 31.6 Å². The number of anilines is 1. The third-order valence-corrected chi connectivity index (χ3v) is 3.54. The van der Waals surface area contributed by atoms with Crippen LogP contribution >= 0.6 is 11.6 Å². The highest BCUT2D eigenvalue weighted by Gasteiger charge is 2.25. The Morgan fingerprint density at radius 3 is 2.83 bits per heavy atom. The zero-order valence-electron chi connectivity index (χ0n) is 10.4. The van der Waals surface area contributed by atoms with Crippen molar-refractivity contribution in [1.29, 1.82) is 0 Å². The predicted molar refractivity (Wildman–Crippen MR) is 70.5 cm³/mol. The zero-order valence-corrected chi connectivity index (χ0v) is 11.2. The number of halogens is 1. The highest BCUT2D eigenvalue weighted by atomic mass is 35.5. The molecule has 98 valence electrons. The van der Waals surface area contributed by atoms with Gasteiger partial charge in [0.25, 0.3) is 0 Å². The van der Waals surface area contributed by atoms with Gasteiger partial charge in [0.2, 0.25) is 0 Å². The fraction of sp³-hybridized carbons (Fsp3) is 0.500. The first-order valence-electron chi connectivity index (χ1n) is 5.84. The van der Waals surface area contributed by atoms with E-state index in [1.54, 1.807) is 0 Å². The number of hydrogen-bond donors (Lipinski definition) is 1. The van der Waals surface area contributed by atoms with Crippen LogP contribution < -0.4 is 4.90 Å². The molecule has 18 heavy (non-hydrogen) atoms. The lowest BCUT2D eigenvalue weighted by Gasteiger charge is -2.38. The SMILES string of the molecule is CC1CN(c2nc(Cl)ccc2C(=O)O)CCN1C. The van der Waals surface area contributed by atoms with Crippen molar-refractivity contribution in [3.8, 4) is 0 Å². The van der Waals surface area contributed by atoms with E-state index >= 15 is 0 Å². The van der Waals surface area contributed by atoms with E-state index in [4.69, 9.17) is 11.6 Å². The lowest BCUT2D eigenvalue weighted by atomic mass is 10.1. The molecule has 5 nitrogen and oxygen atoms in total. The number of carboxylic acids is 1. The van der Waals surface area contributed by atoms with E-state index in [9.17, 15) is 9.90 Å². The van der Waals surface area contributed by atoms with Gasteiger partial charge in [-0.2, -0.15) is 0 Å². The molecule has 2 heterocycles. The van der Waals surface area contributed by atoms with Crippen molar-refractivity contribution in [1.82, 2.24) is 9.88 Å². The van der Waals surface area contributed by atoms with Crippen LogP contribution in [-0.2, 0) is 0 Å². The second-order valence-corrected chi connectivity index (χ2v) is 4.97. The number of pyridine rings is 1. The summed E-state index contributed by atoms with van der Waals surface area (Å²) in [6.45, 7) is 4.50. The lowest BCUT2D eigenvalue weighted by Crippen LogP contribution is -2.50. The highest BCUT2D eigenvalue weighted by molar-refractivity contribution is 6.29. The minimum atomic E-state index is -0.972. The van der Waals surface area contributed by atoms with Crippen molar-refractivity contribution in [2.24, 2.45) is 0 Å². The summed E-state index contributed by atoms with van der Waals surface area (Å²) in [5.41, 5.74) is 0.205. The summed E-state index contributed by atoms with van der Waals surface area (Å²) < 4.78 is 0. The molecule has 0 spiro atoms. The van der Waals surface area contributed by atoms with Gasteiger partial charge in [0.1, 0.15) is 16.5 Å². The van der Waals surface area contributed by atoms with Gasteiger partial charge in [-0.1, -0.05) is 11.6 Å². The van der Waals surface area contributed by atoms with Crippen LogP contribution in [0.1, 0.15) is 17.3 Å². The standard InChI is InChI=1S/C12H16ClN3O2/c1-8-7-16(6-5-15(8)2)11-9(12(17)18)3-4-10(13)14-11/h3-4,8H,5-7H2,1-2H3,(H,17,18).